The monoisotopic (exact) mass is 280 g/mol. The summed E-state index contributed by atoms with van der Waals surface area (Å²) >= 11 is 6.00. The van der Waals surface area contributed by atoms with E-state index in [0.29, 0.717) is 19.1 Å². The Bertz CT molecular complexity index is 506. The number of hydrogen-bond acceptors (Lipinski definition) is 2. The van der Waals surface area contributed by atoms with Crippen LogP contribution in [0.3, 0.4) is 0 Å². The number of rotatable bonds is 2. The summed E-state index contributed by atoms with van der Waals surface area (Å²) in [5, 5.41) is 13.3. The molecule has 1 aromatic rings. The molecule has 1 heterocycles. The fourth-order valence-electron chi connectivity index (χ4n) is 3.11. The molecule has 1 fully saturated rings. The highest BCUT2D eigenvalue weighted by atomic mass is 35.5. The Morgan fingerprint density at radius 2 is 2.26 bits per heavy atom. The normalized spacial score (nSPS) is 25.6. The minimum absolute atomic E-state index is 0.266. The SMILES string of the molecule is O=C(O)N1CC[C@H](NC2CCc3cc(Cl)ccc32)C1. The second kappa shape index (κ2) is 5.02. The molecule has 19 heavy (non-hydrogen) atoms. The molecule has 1 aromatic carbocycles. The number of amides is 1. The largest absolute Gasteiger partial charge is 0.465 e. The first-order valence-electron chi connectivity index (χ1n) is 6.66. The van der Waals surface area contributed by atoms with Crippen LogP contribution >= 0.6 is 11.6 Å². The maximum Gasteiger partial charge on any atom is 0.407 e. The molecule has 1 saturated heterocycles. The minimum atomic E-state index is -0.817. The van der Waals surface area contributed by atoms with Crippen LogP contribution < -0.4 is 5.32 Å². The van der Waals surface area contributed by atoms with E-state index in [2.05, 4.69) is 11.4 Å². The van der Waals surface area contributed by atoms with Gasteiger partial charge in [-0.2, -0.15) is 0 Å². The molecule has 102 valence electrons. The third-order valence-electron chi connectivity index (χ3n) is 4.08. The standard InChI is InChI=1S/C14H17ClN2O2/c15-10-2-3-12-9(7-10)1-4-13(12)16-11-5-6-17(8-11)14(18)19/h2-3,7,11,13,16H,1,4-6,8H2,(H,18,19)/t11-,13?/m0/s1. The smallest absolute Gasteiger partial charge is 0.407 e. The number of benzene rings is 1. The summed E-state index contributed by atoms with van der Waals surface area (Å²) in [6.07, 6.45) is 2.19. The van der Waals surface area contributed by atoms with Gasteiger partial charge in [0.25, 0.3) is 0 Å². The van der Waals surface area contributed by atoms with Crippen LogP contribution in [0.1, 0.15) is 30.0 Å². The Balaban J connectivity index is 1.66. The summed E-state index contributed by atoms with van der Waals surface area (Å²) in [4.78, 5) is 12.4. The van der Waals surface area contributed by atoms with Gasteiger partial charge < -0.3 is 15.3 Å². The zero-order valence-corrected chi connectivity index (χ0v) is 11.4. The van der Waals surface area contributed by atoms with Gasteiger partial charge in [0.15, 0.2) is 0 Å². The summed E-state index contributed by atoms with van der Waals surface area (Å²) in [5.41, 5.74) is 2.64. The van der Waals surface area contributed by atoms with E-state index in [9.17, 15) is 4.79 Å². The van der Waals surface area contributed by atoms with Gasteiger partial charge in [0.1, 0.15) is 0 Å². The van der Waals surface area contributed by atoms with Crippen molar-refractivity contribution in [3.63, 3.8) is 0 Å². The van der Waals surface area contributed by atoms with Crippen molar-refractivity contribution in [3.8, 4) is 0 Å². The zero-order chi connectivity index (χ0) is 13.4. The van der Waals surface area contributed by atoms with E-state index in [4.69, 9.17) is 16.7 Å². The van der Waals surface area contributed by atoms with Crippen molar-refractivity contribution < 1.29 is 9.90 Å². The highest BCUT2D eigenvalue weighted by molar-refractivity contribution is 6.30. The van der Waals surface area contributed by atoms with Crippen LogP contribution in [-0.2, 0) is 6.42 Å². The number of carboxylic acid groups (broad SMARTS) is 1. The van der Waals surface area contributed by atoms with Crippen LogP contribution in [0.4, 0.5) is 4.79 Å². The Labute approximate surface area is 117 Å². The van der Waals surface area contributed by atoms with Gasteiger partial charge >= 0.3 is 6.09 Å². The molecule has 3 rings (SSSR count). The number of hydrogen-bond donors (Lipinski definition) is 2. The summed E-state index contributed by atoms with van der Waals surface area (Å²) in [6.45, 7) is 1.22. The molecule has 2 N–H and O–H groups in total. The van der Waals surface area contributed by atoms with Crippen LogP contribution in [0.25, 0.3) is 0 Å². The molecule has 0 bridgehead atoms. The highest BCUT2D eigenvalue weighted by Gasteiger charge is 2.30. The fourth-order valence-corrected chi connectivity index (χ4v) is 3.31. The third-order valence-corrected chi connectivity index (χ3v) is 4.31. The quantitative estimate of drug-likeness (QED) is 0.876. The van der Waals surface area contributed by atoms with Gasteiger partial charge in [-0.1, -0.05) is 17.7 Å². The molecule has 0 radical (unpaired) electrons. The summed E-state index contributed by atoms with van der Waals surface area (Å²) in [7, 11) is 0. The molecule has 2 aliphatic rings. The van der Waals surface area contributed by atoms with Crippen LogP contribution in [0.15, 0.2) is 18.2 Å². The molecule has 4 nitrogen and oxygen atoms in total. The van der Waals surface area contributed by atoms with Gasteiger partial charge in [0.2, 0.25) is 0 Å². The van der Waals surface area contributed by atoms with E-state index < -0.39 is 6.09 Å². The van der Waals surface area contributed by atoms with Crippen molar-refractivity contribution >= 4 is 17.7 Å². The number of carbonyl (C=O) groups is 1. The molecule has 5 heteroatoms. The number of likely N-dealkylation sites (tertiary alicyclic amines) is 1. The Kier molecular flexibility index (Phi) is 3.37. The average molecular weight is 281 g/mol. The van der Waals surface area contributed by atoms with Gasteiger partial charge in [-0.25, -0.2) is 4.79 Å². The van der Waals surface area contributed by atoms with Gasteiger partial charge in [0, 0.05) is 30.2 Å². The fraction of sp³-hybridized carbons (Fsp3) is 0.500. The van der Waals surface area contributed by atoms with Gasteiger partial charge in [-0.15, -0.1) is 0 Å². The van der Waals surface area contributed by atoms with Gasteiger partial charge in [0.05, 0.1) is 0 Å². The third kappa shape index (κ3) is 2.55. The van der Waals surface area contributed by atoms with Crippen LogP contribution in [0, 0.1) is 0 Å². The lowest BCUT2D eigenvalue weighted by molar-refractivity contribution is 0.154. The number of aryl methyl sites for hydroxylation is 1. The van der Waals surface area contributed by atoms with Crippen molar-refractivity contribution in [1.82, 2.24) is 10.2 Å². The molecule has 0 spiro atoms. The number of nitrogens with zero attached hydrogens (tertiary/aromatic N) is 1. The topological polar surface area (TPSA) is 52.6 Å². The van der Waals surface area contributed by atoms with E-state index in [1.165, 1.54) is 16.0 Å². The lowest BCUT2D eigenvalue weighted by Gasteiger charge is -2.20. The molecule has 2 atom stereocenters. The Hall–Kier alpha value is -1.26. The van der Waals surface area contributed by atoms with E-state index in [1.807, 2.05) is 12.1 Å². The predicted octanol–water partition coefficient (Wildman–Crippen LogP) is 2.67. The summed E-state index contributed by atoms with van der Waals surface area (Å²) in [6, 6.07) is 6.66. The highest BCUT2D eigenvalue weighted by Crippen LogP contribution is 2.33. The Morgan fingerprint density at radius 3 is 3.00 bits per heavy atom. The van der Waals surface area contributed by atoms with Crippen molar-refractivity contribution in [2.24, 2.45) is 0 Å². The van der Waals surface area contributed by atoms with Crippen LogP contribution in [0.5, 0.6) is 0 Å². The maximum atomic E-state index is 10.9. The molecular weight excluding hydrogens is 264 g/mol. The predicted molar refractivity (Wildman–Crippen MR) is 73.7 cm³/mol. The summed E-state index contributed by atoms with van der Waals surface area (Å²) < 4.78 is 0. The first-order chi connectivity index (χ1) is 9.13. The van der Waals surface area contributed by atoms with Gasteiger partial charge in [-0.05, 0) is 42.5 Å². The van der Waals surface area contributed by atoms with Crippen molar-refractivity contribution in [1.29, 1.82) is 0 Å². The lowest BCUT2D eigenvalue weighted by Crippen LogP contribution is -2.36. The second-order valence-electron chi connectivity index (χ2n) is 5.32. The van der Waals surface area contributed by atoms with Crippen LogP contribution in [-0.4, -0.2) is 35.2 Å². The maximum absolute atomic E-state index is 10.9. The second-order valence-corrected chi connectivity index (χ2v) is 5.75. The number of fused-ring (bicyclic) bond motifs is 1. The van der Waals surface area contributed by atoms with Crippen LogP contribution in [0.2, 0.25) is 5.02 Å². The van der Waals surface area contributed by atoms with Crippen molar-refractivity contribution in [2.75, 3.05) is 13.1 Å². The molecule has 1 aliphatic carbocycles. The molecular formula is C14H17ClN2O2. The van der Waals surface area contributed by atoms with E-state index in [0.717, 1.165) is 24.3 Å². The average Bonchev–Trinajstić information content (AvgIpc) is 2.97. The first-order valence-corrected chi connectivity index (χ1v) is 7.03. The summed E-state index contributed by atoms with van der Waals surface area (Å²) in [5.74, 6) is 0. The van der Waals surface area contributed by atoms with E-state index in [-0.39, 0.29) is 6.04 Å². The minimum Gasteiger partial charge on any atom is -0.465 e. The molecule has 1 aliphatic heterocycles. The molecule has 1 unspecified atom stereocenters. The molecule has 0 saturated carbocycles. The van der Waals surface area contributed by atoms with Crippen molar-refractivity contribution in [2.45, 2.75) is 31.3 Å². The lowest BCUT2D eigenvalue weighted by atomic mass is 10.1. The zero-order valence-electron chi connectivity index (χ0n) is 10.6. The molecule has 1 amide bonds. The van der Waals surface area contributed by atoms with Gasteiger partial charge in [-0.3, -0.25) is 0 Å². The first kappa shape index (κ1) is 12.8. The number of halogens is 1. The number of nitrogens with one attached hydrogen (secondary N) is 1. The molecule has 0 aromatic heterocycles. The van der Waals surface area contributed by atoms with Crippen molar-refractivity contribution in [3.05, 3.63) is 34.3 Å². The van der Waals surface area contributed by atoms with E-state index in [1.54, 1.807) is 0 Å². The van der Waals surface area contributed by atoms with E-state index >= 15 is 0 Å². The Morgan fingerprint density at radius 1 is 1.42 bits per heavy atom.